The van der Waals surface area contributed by atoms with Crippen molar-refractivity contribution in [2.75, 3.05) is 0 Å². The Bertz CT molecular complexity index is 979. The maximum absolute atomic E-state index is 12.9. The summed E-state index contributed by atoms with van der Waals surface area (Å²) in [5, 5.41) is 0.801. The number of nitrogens with zero attached hydrogens (tertiary/aromatic N) is 1. The molecular formula is C20H19N3O3. The van der Waals surface area contributed by atoms with Gasteiger partial charge in [0.25, 0.3) is 11.8 Å². The first-order valence-corrected chi connectivity index (χ1v) is 8.67. The molecule has 1 aromatic carbocycles. The zero-order chi connectivity index (χ0) is 18.1. The summed E-state index contributed by atoms with van der Waals surface area (Å²) < 4.78 is 4.89. The fraction of sp³-hybridized carbons (Fsp3) is 0.250. The molecule has 2 amide bonds. The van der Waals surface area contributed by atoms with Crippen LogP contribution < -0.4 is 10.9 Å². The average Bonchev–Trinajstić information content (AvgIpc) is 3.19. The maximum Gasteiger partial charge on any atom is 0.272 e. The molecule has 2 N–H and O–H groups in total. The number of aromatic nitrogens is 1. The van der Waals surface area contributed by atoms with Crippen LogP contribution in [0.5, 0.6) is 0 Å². The van der Waals surface area contributed by atoms with Crippen molar-refractivity contribution >= 4 is 22.7 Å². The zero-order valence-corrected chi connectivity index (χ0v) is 14.4. The number of para-hydroxylation sites is 1. The van der Waals surface area contributed by atoms with E-state index in [-0.39, 0.29) is 5.91 Å². The van der Waals surface area contributed by atoms with Gasteiger partial charge in [-0.2, -0.15) is 0 Å². The molecule has 0 saturated carbocycles. The average molecular weight is 349 g/mol. The molecule has 1 aliphatic rings. The number of aryl methyl sites for hydroxylation is 1. The van der Waals surface area contributed by atoms with Gasteiger partial charge in [0.1, 0.15) is 6.26 Å². The van der Waals surface area contributed by atoms with Crippen molar-refractivity contribution in [2.24, 2.45) is 5.92 Å². The highest BCUT2D eigenvalue weighted by Crippen LogP contribution is 2.31. The summed E-state index contributed by atoms with van der Waals surface area (Å²) in [6, 6.07) is 9.15. The Labute approximate surface area is 150 Å². The molecule has 0 aliphatic heterocycles. The monoisotopic (exact) mass is 349 g/mol. The Morgan fingerprint density at radius 1 is 1.15 bits per heavy atom. The number of benzene rings is 1. The van der Waals surface area contributed by atoms with Gasteiger partial charge in [-0.1, -0.05) is 25.1 Å². The molecule has 0 unspecified atom stereocenters. The largest absolute Gasteiger partial charge is 0.472 e. The third kappa shape index (κ3) is 2.94. The molecular weight excluding hydrogens is 330 g/mol. The van der Waals surface area contributed by atoms with Gasteiger partial charge < -0.3 is 4.42 Å². The Balaban J connectivity index is 1.69. The van der Waals surface area contributed by atoms with E-state index >= 15 is 0 Å². The molecule has 6 nitrogen and oxygen atoms in total. The van der Waals surface area contributed by atoms with E-state index in [1.54, 1.807) is 0 Å². The third-order valence-corrected chi connectivity index (χ3v) is 4.81. The molecule has 2 aromatic heterocycles. The second-order valence-corrected chi connectivity index (χ2v) is 6.70. The predicted octanol–water partition coefficient (Wildman–Crippen LogP) is 3.03. The lowest BCUT2D eigenvalue weighted by Crippen LogP contribution is -2.42. The van der Waals surface area contributed by atoms with Gasteiger partial charge in [-0.05, 0) is 42.9 Å². The van der Waals surface area contributed by atoms with E-state index in [4.69, 9.17) is 9.40 Å². The van der Waals surface area contributed by atoms with E-state index in [9.17, 15) is 9.59 Å². The van der Waals surface area contributed by atoms with Crippen molar-refractivity contribution in [3.05, 3.63) is 65.2 Å². The minimum absolute atomic E-state index is 0.328. The molecule has 26 heavy (non-hydrogen) atoms. The number of pyridine rings is 1. The van der Waals surface area contributed by atoms with E-state index < -0.39 is 5.91 Å². The molecule has 2 heterocycles. The standard InChI is InChI=1S/C20H19N3O3/c1-12-6-7-17-15(10-12)18(14-4-2-3-5-16(14)21-17)20(25)23-22-19(24)13-8-9-26-11-13/h2-5,8-9,11-12H,6-7,10H2,1H3,(H,22,24)(H,23,25)/t12-/m1/s1. The molecule has 0 saturated heterocycles. The molecule has 0 bridgehead atoms. The summed E-state index contributed by atoms with van der Waals surface area (Å²) >= 11 is 0. The summed E-state index contributed by atoms with van der Waals surface area (Å²) in [7, 11) is 0. The first-order chi connectivity index (χ1) is 12.6. The van der Waals surface area contributed by atoms with Gasteiger partial charge >= 0.3 is 0 Å². The molecule has 6 heteroatoms. The number of rotatable bonds is 2. The quantitative estimate of drug-likeness (QED) is 0.697. The van der Waals surface area contributed by atoms with Gasteiger partial charge in [-0.15, -0.1) is 0 Å². The smallest absolute Gasteiger partial charge is 0.272 e. The first kappa shape index (κ1) is 16.3. The van der Waals surface area contributed by atoms with Gasteiger partial charge in [-0.25, -0.2) is 0 Å². The van der Waals surface area contributed by atoms with Gasteiger partial charge in [0.15, 0.2) is 0 Å². The molecule has 0 fully saturated rings. The Morgan fingerprint density at radius 2 is 1.96 bits per heavy atom. The van der Waals surface area contributed by atoms with Crippen LogP contribution in [-0.2, 0) is 12.8 Å². The minimum atomic E-state index is -0.423. The highest BCUT2D eigenvalue weighted by Gasteiger charge is 2.25. The van der Waals surface area contributed by atoms with E-state index in [0.717, 1.165) is 41.4 Å². The SMILES string of the molecule is C[C@@H]1CCc2nc3ccccc3c(C(=O)NNC(=O)c3ccoc3)c2C1. The molecule has 1 aliphatic carbocycles. The number of carbonyl (C=O) groups excluding carboxylic acids is 2. The number of hydrogen-bond donors (Lipinski definition) is 2. The number of carbonyl (C=O) groups is 2. The molecule has 4 rings (SSSR count). The lowest BCUT2D eigenvalue weighted by atomic mass is 9.84. The number of amides is 2. The highest BCUT2D eigenvalue weighted by atomic mass is 16.3. The van der Waals surface area contributed by atoms with Crippen molar-refractivity contribution in [2.45, 2.75) is 26.2 Å². The van der Waals surface area contributed by atoms with Gasteiger partial charge in [0.2, 0.25) is 0 Å². The summed E-state index contributed by atoms with van der Waals surface area (Å²) in [5.41, 5.74) is 8.69. The van der Waals surface area contributed by atoms with Crippen LogP contribution in [0.15, 0.2) is 47.3 Å². The predicted molar refractivity (Wildman–Crippen MR) is 96.6 cm³/mol. The van der Waals surface area contributed by atoms with Crippen molar-refractivity contribution in [3.63, 3.8) is 0 Å². The molecule has 132 valence electrons. The summed E-state index contributed by atoms with van der Waals surface area (Å²) in [5.74, 6) is -0.254. The lowest BCUT2D eigenvalue weighted by Gasteiger charge is -2.24. The van der Waals surface area contributed by atoms with Gasteiger partial charge in [-0.3, -0.25) is 25.4 Å². The fourth-order valence-corrected chi connectivity index (χ4v) is 3.46. The second kappa shape index (κ2) is 6.63. The Morgan fingerprint density at radius 3 is 2.77 bits per heavy atom. The van der Waals surface area contributed by atoms with Crippen LogP contribution >= 0.6 is 0 Å². The number of furan rings is 1. The topological polar surface area (TPSA) is 84.2 Å². The van der Waals surface area contributed by atoms with E-state index in [2.05, 4.69) is 17.8 Å². The number of fused-ring (bicyclic) bond motifs is 2. The highest BCUT2D eigenvalue weighted by molar-refractivity contribution is 6.08. The van der Waals surface area contributed by atoms with Crippen LogP contribution in [0.3, 0.4) is 0 Å². The summed E-state index contributed by atoms with van der Waals surface area (Å²) in [4.78, 5) is 29.7. The van der Waals surface area contributed by atoms with Crippen LogP contribution in [0.1, 0.15) is 45.3 Å². The zero-order valence-electron chi connectivity index (χ0n) is 14.4. The minimum Gasteiger partial charge on any atom is -0.472 e. The summed E-state index contributed by atoms with van der Waals surface area (Å²) in [6.07, 6.45) is 5.48. The van der Waals surface area contributed by atoms with Gasteiger partial charge in [0.05, 0.1) is 22.9 Å². The van der Waals surface area contributed by atoms with Crippen LogP contribution in [0.25, 0.3) is 10.9 Å². The van der Waals surface area contributed by atoms with Crippen LogP contribution in [0.2, 0.25) is 0 Å². The van der Waals surface area contributed by atoms with E-state index in [1.165, 1.54) is 18.6 Å². The van der Waals surface area contributed by atoms with Crippen molar-refractivity contribution in [3.8, 4) is 0 Å². The second-order valence-electron chi connectivity index (χ2n) is 6.70. The van der Waals surface area contributed by atoms with Gasteiger partial charge in [0, 0.05) is 11.1 Å². The van der Waals surface area contributed by atoms with Crippen LogP contribution in [0.4, 0.5) is 0 Å². The maximum atomic E-state index is 12.9. The molecule has 0 spiro atoms. The van der Waals surface area contributed by atoms with Crippen LogP contribution in [0, 0.1) is 5.92 Å². The Kier molecular flexibility index (Phi) is 4.16. The van der Waals surface area contributed by atoms with Crippen molar-refractivity contribution < 1.29 is 14.0 Å². The Hall–Kier alpha value is -3.15. The van der Waals surface area contributed by atoms with Crippen LogP contribution in [-0.4, -0.2) is 16.8 Å². The first-order valence-electron chi connectivity index (χ1n) is 8.67. The molecule has 0 radical (unpaired) electrons. The van der Waals surface area contributed by atoms with E-state index in [0.29, 0.717) is 17.0 Å². The molecule has 1 atom stereocenters. The van der Waals surface area contributed by atoms with Crippen molar-refractivity contribution in [1.29, 1.82) is 0 Å². The normalized spacial score (nSPS) is 16.1. The molecule has 3 aromatic rings. The summed E-state index contributed by atoms with van der Waals surface area (Å²) in [6.45, 7) is 2.18. The number of hydrogen-bond acceptors (Lipinski definition) is 4. The number of hydrazine groups is 1. The number of nitrogens with one attached hydrogen (secondary N) is 2. The fourth-order valence-electron chi connectivity index (χ4n) is 3.46. The third-order valence-electron chi connectivity index (χ3n) is 4.81. The van der Waals surface area contributed by atoms with Crippen molar-refractivity contribution in [1.82, 2.24) is 15.8 Å². The lowest BCUT2D eigenvalue weighted by molar-refractivity contribution is 0.0846. The van der Waals surface area contributed by atoms with E-state index in [1.807, 2.05) is 24.3 Å².